The number of aliphatic hydroxyl groups excluding tert-OH is 1. The van der Waals surface area contributed by atoms with E-state index in [1.54, 1.807) is 24.0 Å². The summed E-state index contributed by atoms with van der Waals surface area (Å²) in [6.45, 7) is 9.70. The number of allylic oxidation sites excluding steroid dienone is 1. The number of aliphatic hydroxyl groups is 1. The largest absolute Gasteiger partial charge is 0.465 e. The maximum Gasteiger partial charge on any atom is 0.312 e. The Morgan fingerprint density at radius 1 is 1.32 bits per heavy atom. The first kappa shape index (κ1) is 27.5. The zero-order valence-electron chi connectivity index (χ0n) is 21.1. The van der Waals surface area contributed by atoms with Gasteiger partial charge in [0.25, 0.3) is 0 Å². The third-order valence-electron chi connectivity index (χ3n) is 7.65. The Hall–Kier alpha value is -2.49. The Morgan fingerprint density at radius 2 is 2.05 bits per heavy atom. The second kappa shape index (κ2) is 11.5. The maximum atomic E-state index is 14.3. The lowest BCUT2D eigenvalue weighted by Gasteiger charge is -2.38. The van der Waals surface area contributed by atoms with Gasteiger partial charge in [-0.3, -0.25) is 14.4 Å². The van der Waals surface area contributed by atoms with Crippen LogP contribution < -0.4 is 0 Å². The predicted octanol–water partition coefficient (Wildman–Crippen LogP) is 2.84. The Labute approximate surface area is 226 Å². The van der Waals surface area contributed by atoms with Gasteiger partial charge in [0.2, 0.25) is 11.8 Å². The van der Waals surface area contributed by atoms with Crippen LogP contribution in [0.1, 0.15) is 31.7 Å². The number of carbonyl (C=O) groups is 3. The van der Waals surface area contributed by atoms with Crippen LogP contribution in [0.4, 0.5) is 0 Å². The molecule has 8 nitrogen and oxygen atoms in total. The molecule has 3 saturated heterocycles. The Bertz CT molecular complexity index is 1030. The molecule has 3 fully saturated rings. The SMILES string of the molecule is C=CCCCOC(=O)[C@H]1[C@@H]2OC3(CC2Br)C(C(=O)N(CC=C)Cc2ccccc2)N([C@H](C)CO)C(=O)[C@H]13. The molecule has 1 aromatic rings. The third-order valence-corrected chi connectivity index (χ3v) is 8.49. The van der Waals surface area contributed by atoms with Crippen molar-refractivity contribution in [1.29, 1.82) is 0 Å². The minimum absolute atomic E-state index is 0.219. The summed E-state index contributed by atoms with van der Waals surface area (Å²) in [6, 6.07) is 7.96. The quantitative estimate of drug-likeness (QED) is 0.178. The molecule has 2 bridgehead atoms. The van der Waals surface area contributed by atoms with Crippen LogP contribution in [0.2, 0.25) is 0 Å². The van der Waals surface area contributed by atoms with E-state index in [9.17, 15) is 19.5 Å². The van der Waals surface area contributed by atoms with Crippen LogP contribution in [0.5, 0.6) is 0 Å². The number of rotatable bonds is 12. The molecule has 0 aliphatic carbocycles. The monoisotopic (exact) mass is 574 g/mol. The zero-order chi connectivity index (χ0) is 26.7. The van der Waals surface area contributed by atoms with Crippen LogP contribution in [0.15, 0.2) is 55.6 Å². The Kier molecular flexibility index (Phi) is 8.56. The van der Waals surface area contributed by atoms with Gasteiger partial charge in [0.1, 0.15) is 11.6 Å². The molecule has 4 rings (SSSR count). The normalized spacial score (nSPS) is 30.6. The van der Waals surface area contributed by atoms with E-state index < -0.39 is 41.6 Å². The lowest BCUT2D eigenvalue weighted by Crippen LogP contribution is -2.58. The summed E-state index contributed by atoms with van der Waals surface area (Å²) in [4.78, 5) is 44.3. The van der Waals surface area contributed by atoms with E-state index >= 15 is 0 Å². The highest BCUT2D eigenvalue weighted by Crippen LogP contribution is 2.60. The first-order valence-electron chi connectivity index (χ1n) is 12.8. The number of alkyl halides is 1. The lowest BCUT2D eigenvalue weighted by molar-refractivity contribution is -0.156. The van der Waals surface area contributed by atoms with Crippen molar-refractivity contribution in [3.63, 3.8) is 0 Å². The van der Waals surface area contributed by atoms with Gasteiger partial charge in [-0.15, -0.1) is 13.2 Å². The summed E-state index contributed by atoms with van der Waals surface area (Å²) < 4.78 is 12.0. The van der Waals surface area contributed by atoms with E-state index in [2.05, 4.69) is 29.1 Å². The van der Waals surface area contributed by atoms with Crippen LogP contribution in [0, 0.1) is 11.8 Å². The van der Waals surface area contributed by atoms with E-state index in [4.69, 9.17) is 9.47 Å². The molecule has 2 amide bonds. The topological polar surface area (TPSA) is 96.4 Å². The first-order valence-corrected chi connectivity index (χ1v) is 13.7. The number of likely N-dealkylation sites (tertiary alicyclic amines) is 1. The second-order valence-corrected chi connectivity index (χ2v) is 11.2. The Morgan fingerprint density at radius 3 is 2.70 bits per heavy atom. The summed E-state index contributed by atoms with van der Waals surface area (Å²) >= 11 is 3.65. The highest BCUT2D eigenvalue weighted by atomic mass is 79.9. The number of carbonyl (C=O) groups excluding carboxylic acids is 3. The van der Waals surface area contributed by atoms with Gasteiger partial charge in [-0.25, -0.2) is 0 Å². The standard InChI is InChI=1S/C28H35BrN2O6/c1-4-6-10-14-36-27(35)21-22-25(33)31(18(3)17-32)24(28(22)15-20(29)23(21)37-28)26(34)30(13-5-2)16-19-11-8-7-9-12-19/h4-5,7-9,11-12,18,20-24,32H,1-2,6,10,13-17H2,3H3/t18-,20?,21-,22+,23-,24?,28?/m1/s1. The number of fused-ring (bicyclic) bond motifs is 1. The number of benzene rings is 1. The zero-order valence-corrected chi connectivity index (χ0v) is 22.7. The van der Waals surface area contributed by atoms with Crippen molar-refractivity contribution in [2.24, 2.45) is 11.8 Å². The van der Waals surface area contributed by atoms with Gasteiger partial charge in [0, 0.05) is 17.9 Å². The van der Waals surface area contributed by atoms with E-state index in [1.807, 2.05) is 30.3 Å². The fourth-order valence-electron chi connectivity index (χ4n) is 6.04. The first-order chi connectivity index (χ1) is 17.8. The number of hydrogen-bond acceptors (Lipinski definition) is 6. The van der Waals surface area contributed by atoms with Crippen LogP contribution in [-0.2, 0) is 30.4 Å². The summed E-state index contributed by atoms with van der Waals surface area (Å²) in [5, 5.41) is 10.0. The van der Waals surface area contributed by atoms with Gasteiger partial charge in [-0.05, 0) is 31.7 Å². The molecule has 1 N–H and O–H groups in total. The van der Waals surface area contributed by atoms with Crippen molar-refractivity contribution in [3.05, 3.63) is 61.2 Å². The number of amides is 2. The molecule has 3 aliphatic rings. The average molecular weight is 576 g/mol. The number of unbranched alkanes of at least 4 members (excludes halogenated alkanes) is 1. The minimum atomic E-state index is -1.20. The minimum Gasteiger partial charge on any atom is -0.465 e. The highest BCUT2D eigenvalue weighted by molar-refractivity contribution is 9.09. The van der Waals surface area contributed by atoms with Crippen LogP contribution in [0.25, 0.3) is 0 Å². The number of nitrogens with zero attached hydrogens (tertiary/aromatic N) is 2. The van der Waals surface area contributed by atoms with E-state index in [-0.39, 0.29) is 36.4 Å². The molecule has 0 aromatic heterocycles. The number of esters is 1. The van der Waals surface area contributed by atoms with E-state index in [1.165, 1.54) is 4.90 Å². The van der Waals surface area contributed by atoms with Crippen LogP contribution >= 0.6 is 15.9 Å². The van der Waals surface area contributed by atoms with Crippen molar-refractivity contribution in [1.82, 2.24) is 9.80 Å². The molecule has 37 heavy (non-hydrogen) atoms. The summed E-state index contributed by atoms with van der Waals surface area (Å²) in [5.74, 6) is -2.82. The van der Waals surface area contributed by atoms with Crippen molar-refractivity contribution in [2.45, 2.75) is 61.3 Å². The molecule has 3 unspecified atom stereocenters. The Balaban J connectivity index is 1.69. The second-order valence-electron chi connectivity index (χ2n) is 10.0. The molecular weight excluding hydrogens is 540 g/mol. The van der Waals surface area contributed by atoms with Crippen LogP contribution in [0.3, 0.4) is 0 Å². The molecular formula is C28H35BrN2O6. The molecule has 0 saturated carbocycles. The predicted molar refractivity (Wildman–Crippen MR) is 142 cm³/mol. The van der Waals surface area contributed by atoms with Crippen molar-refractivity contribution < 1.29 is 29.0 Å². The summed E-state index contributed by atoms with van der Waals surface area (Å²) in [5.41, 5.74) is -0.258. The van der Waals surface area contributed by atoms with Gasteiger partial charge in [0.05, 0.1) is 37.2 Å². The highest BCUT2D eigenvalue weighted by Gasteiger charge is 2.77. The van der Waals surface area contributed by atoms with Gasteiger partial charge in [0.15, 0.2) is 0 Å². The molecule has 200 valence electrons. The average Bonchev–Trinajstić information content (AvgIpc) is 3.49. The van der Waals surface area contributed by atoms with Gasteiger partial charge in [-0.2, -0.15) is 0 Å². The summed E-state index contributed by atoms with van der Waals surface area (Å²) in [7, 11) is 0. The molecule has 3 heterocycles. The van der Waals surface area contributed by atoms with Crippen molar-refractivity contribution >= 4 is 33.7 Å². The third kappa shape index (κ3) is 4.89. The van der Waals surface area contributed by atoms with E-state index in [0.717, 1.165) is 5.56 Å². The van der Waals surface area contributed by atoms with E-state index in [0.29, 0.717) is 25.8 Å². The molecule has 0 radical (unpaired) electrons. The van der Waals surface area contributed by atoms with Gasteiger partial charge < -0.3 is 24.4 Å². The lowest BCUT2D eigenvalue weighted by atomic mass is 9.70. The maximum absolute atomic E-state index is 14.3. The molecule has 3 aliphatic heterocycles. The molecule has 9 heteroatoms. The van der Waals surface area contributed by atoms with Gasteiger partial charge >= 0.3 is 5.97 Å². The number of hydrogen-bond donors (Lipinski definition) is 1. The molecule has 7 atom stereocenters. The summed E-state index contributed by atoms with van der Waals surface area (Å²) in [6.07, 6.45) is 4.57. The number of ether oxygens (including phenoxy) is 2. The number of halogens is 1. The van der Waals surface area contributed by atoms with Crippen molar-refractivity contribution in [2.75, 3.05) is 19.8 Å². The molecule has 1 spiro atoms. The molecule has 1 aromatic carbocycles. The van der Waals surface area contributed by atoms with Gasteiger partial charge in [-0.1, -0.05) is 58.4 Å². The van der Waals surface area contributed by atoms with Crippen LogP contribution in [-0.4, -0.2) is 81.1 Å². The van der Waals surface area contributed by atoms with Crippen molar-refractivity contribution in [3.8, 4) is 0 Å². The fourth-order valence-corrected chi connectivity index (χ4v) is 6.98. The fraction of sp³-hybridized carbons (Fsp3) is 0.536. The smallest absolute Gasteiger partial charge is 0.312 e.